The Morgan fingerprint density at radius 2 is 2.36 bits per heavy atom. The van der Waals surface area contributed by atoms with Crippen LogP contribution in [-0.4, -0.2) is 4.98 Å². The summed E-state index contributed by atoms with van der Waals surface area (Å²) in [6.07, 6.45) is 0.872. The van der Waals surface area contributed by atoms with Crippen molar-refractivity contribution in [3.63, 3.8) is 0 Å². The number of fused-ring (bicyclic) bond motifs is 1. The van der Waals surface area contributed by atoms with E-state index in [1.807, 2.05) is 13.0 Å². The van der Waals surface area contributed by atoms with Crippen molar-refractivity contribution < 1.29 is 0 Å². The normalized spacial score (nSPS) is 14.5. The fraction of sp³-hybridized carbons (Fsp3) is 0.222. The number of aryl methyl sites for hydroxylation is 1. The van der Waals surface area contributed by atoms with E-state index in [0.717, 1.165) is 29.2 Å². The first-order chi connectivity index (χ1) is 5.25. The molecule has 2 nitrogen and oxygen atoms in total. The Kier molecular flexibility index (Phi) is 1.22. The van der Waals surface area contributed by atoms with E-state index < -0.39 is 0 Å². The molecule has 1 aliphatic rings. The summed E-state index contributed by atoms with van der Waals surface area (Å²) in [6, 6.07) is 4.06. The monoisotopic (exact) mass is 146 g/mol. The van der Waals surface area contributed by atoms with Crippen molar-refractivity contribution in [2.45, 2.75) is 13.3 Å². The number of hydrogen-bond acceptors (Lipinski definition) is 2. The summed E-state index contributed by atoms with van der Waals surface area (Å²) in [7, 11) is 0. The number of anilines is 1. The zero-order valence-electron chi connectivity index (χ0n) is 6.52. The quantitative estimate of drug-likeness (QED) is 0.604. The van der Waals surface area contributed by atoms with Gasteiger partial charge < -0.3 is 5.32 Å². The van der Waals surface area contributed by atoms with Crippen LogP contribution in [0.4, 0.5) is 5.69 Å². The van der Waals surface area contributed by atoms with Crippen molar-refractivity contribution in [1.82, 2.24) is 4.98 Å². The van der Waals surface area contributed by atoms with Crippen molar-refractivity contribution in [3.05, 3.63) is 35.8 Å². The van der Waals surface area contributed by atoms with Crippen molar-refractivity contribution in [2.75, 3.05) is 5.32 Å². The molecular formula is C9H10N2. The molecule has 2 rings (SSSR count). The fourth-order valence-corrected chi connectivity index (χ4v) is 1.30. The van der Waals surface area contributed by atoms with Crippen LogP contribution < -0.4 is 5.32 Å². The minimum Gasteiger partial charge on any atom is -0.358 e. The molecule has 0 spiro atoms. The maximum atomic E-state index is 4.38. The second kappa shape index (κ2) is 2.09. The molecule has 2 heteroatoms. The smallest absolute Gasteiger partial charge is 0.0699 e. The largest absolute Gasteiger partial charge is 0.358 e. The summed E-state index contributed by atoms with van der Waals surface area (Å²) < 4.78 is 0. The third-order valence-corrected chi connectivity index (χ3v) is 1.81. The molecule has 0 aromatic carbocycles. The highest BCUT2D eigenvalue weighted by molar-refractivity contribution is 5.59. The molecule has 0 bridgehead atoms. The number of allylic oxidation sites excluding steroid dienone is 1. The van der Waals surface area contributed by atoms with Gasteiger partial charge in [0.05, 0.1) is 11.4 Å². The predicted molar refractivity (Wildman–Crippen MR) is 45.4 cm³/mol. The van der Waals surface area contributed by atoms with Crippen molar-refractivity contribution in [3.8, 4) is 0 Å². The summed E-state index contributed by atoms with van der Waals surface area (Å²) in [5.41, 5.74) is 4.34. The lowest BCUT2D eigenvalue weighted by Crippen LogP contribution is -1.87. The molecule has 0 aliphatic carbocycles. The molecule has 2 heterocycles. The molecule has 0 amide bonds. The van der Waals surface area contributed by atoms with Gasteiger partial charge in [-0.05, 0) is 19.1 Å². The van der Waals surface area contributed by atoms with Crippen LogP contribution >= 0.6 is 0 Å². The predicted octanol–water partition coefficient (Wildman–Crippen LogP) is 1.87. The van der Waals surface area contributed by atoms with E-state index in [9.17, 15) is 0 Å². The van der Waals surface area contributed by atoms with Crippen LogP contribution in [0.1, 0.15) is 11.4 Å². The van der Waals surface area contributed by atoms with Gasteiger partial charge in [0.2, 0.25) is 0 Å². The van der Waals surface area contributed by atoms with Crippen LogP contribution in [0.2, 0.25) is 0 Å². The maximum Gasteiger partial charge on any atom is 0.0699 e. The van der Waals surface area contributed by atoms with Gasteiger partial charge in [0.25, 0.3) is 0 Å². The zero-order chi connectivity index (χ0) is 7.84. The van der Waals surface area contributed by atoms with Crippen LogP contribution in [-0.2, 0) is 6.42 Å². The molecule has 1 N–H and O–H groups in total. The van der Waals surface area contributed by atoms with Gasteiger partial charge in [-0.3, -0.25) is 4.98 Å². The third kappa shape index (κ3) is 1.00. The van der Waals surface area contributed by atoms with Gasteiger partial charge in [-0.2, -0.15) is 0 Å². The molecule has 0 radical (unpaired) electrons. The summed E-state index contributed by atoms with van der Waals surface area (Å²) in [5.74, 6) is 0. The fourth-order valence-electron chi connectivity index (χ4n) is 1.30. The third-order valence-electron chi connectivity index (χ3n) is 1.81. The maximum absolute atomic E-state index is 4.38. The van der Waals surface area contributed by atoms with Gasteiger partial charge in [0.15, 0.2) is 0 Å². The molecule has 1 aromatic rings. The topological polar surface area (TPSA) is 24.9 Å². The van der Waals surface area contributed by atoms with Crippen molar-refractivity contribution in [2.24, 2.45) is 0 Å². The van der Waals surface area contributed by atoms with E-state index in [0.29, 0.717) is 0 Å². The van der Waals surface area contributed by atoms with Gasteiger partial charge in [0.1, 0.15) is 0 Å². The Morgan fingerprint density at radius 3 is 3.18 bits per heavy atom. The molecule has 1 aliphatic heterocycles. The molecule has 11 heavy (non-hydrogen) atoms. The van der Waals surface area contributed by atoms with Crippen LogP contribution in [0.25, 0.3) is 0 Å². The highest BCUT2D eigenvalue weighted by Gasteiger charge is 2.13. The lowest BCUT2D eigenvalue weighted by molar-refractivity contribution is 1.08. The first-order valence-electron chi connectivity index (χ1n) is 3.67. The summed E-state index contributed by atoms with van der Waals surface area (Å²) in [5, 5.41) is 3.17. The number of nitrogens with one attached hydrogen (secondary N) is 1. The van der Waals surface area contributed by atoms with Gasteiger partial charge >= 0.3 is 0 Å². The molecule has 56 valence electrons. The van der Waals surface area contributed by atoms with Crippen LogP contribution in [0.3, 0.4) is 0 Å². The molecule has 0 saturated heterocycles. The Morgan fingerprint density at radius 1 is 1.55 bits per heavy atom. The van der Waals surface area contributed by atoms with Crippen LogP contribution in [0.5, 0.6) is 0 Å². The number of hydrogen-bond donors (Lipinski definition) is 1. The number of pyridine rings is 1. The minimum atomic E-state index is 0.872. The molecule has 0 saturated carbocycles. The van der Waals surface area contributed by atoms with E-state index in [1.165, 1.54) is 0 Å². The molecule has 0 atom stereocenters. The second-order valence-corrected chi connectivity index (χ2v) is 2.85. The molecule has 0 fully saturated rings. The van der Waals surface area contributed by atoms with Gasteiger partial charge in [-0.1, -0.05) is 6.58 Å². The summed E-state index contributed by atoms with van der Waals surface area (Å²) >= 11 is 0. The second-order valence-electron chi connectivity index (χ2n) is 2.85. The lowest BCUT2D eigenvalue weighted by Gasteiger charge is -1.97. The highest BCUT2D eigenvalue weighted by atomic mass is 15.0. The van der Waals surface area contributed by atoms with E-state index in [2.05, 4.69) is 22.9 Å². The Balaban J connectivity index is 2.51. The van der Waals surface area contributed by atoms with E-state index >= 15 is 0 Å². The molecule has 1 aromatic heterocycles. The standard InChI is InChI=1S/C9H10N2/c1-6-3-4-8-9(10-6)5-7(2)11-8/h3-4,11H,2,5H2,1H3. The van der Waals surface area contributed by atoms with Crippen molar-refractivity contribution >= 4 is 5.69 Å². The van der Waals surface area contributed by atoms with Crippen LogP contribution in [0.15, 0.2) is 24.4 Å². The minimum absolute atomic E-state index is 0.872. The zero-order valence-corrected chi connectivity index (χ0v) is 6.52. The van der Waals surface area contributed by atoms with Gasteiger partial charge in [0, 0.05) is 17.8 Å². The van der Waals surface area contributed by atoms with E-state index in [-0.39, 0.29) is 0 Å². The average molecular weight is 146 g/mol. The first kappa shape index (κ1) is 6.40. The molecular weight excluding hydrogens is 136 g/mol. The highest BCUT2D eigenvalue weighted by Crippen LogP contribution is 2.24. The summed E-state index contributed by atoms with van der Waals surface area (Å²) in [4.78, 5) is 4.38. The van der Waals surface area contributed by atoms with Crippen LogP contribution in [0, 0.1) is 6.92 Å². The van der Waals surface area contributed by atoms with E-state index in [1.54, 1.807) is 0 Å². The number of rotatable bonds is 0. The first-order valence-corrected chi connectivity index (χ1v) is 3.67. The number of aromatic nitrogens is 1. The average Bonchev–Trinajstić information content (AvgIpc) is 2.27. The Bertz CT molecular complexity index is 315. The summed E-state index contributed by atoms with van der Waals surface area (Å²) in [6.45, 7) is 5.85. The van der Waals surface area contributed by atoms with Gasteiger partial charge in [-0.25, -0.2) is 0 Å². The van der Waals surface area contributed by atoms with E-state index in [4.69, 9.17) is 0 Å². The lowest BCUT2D eigenvalue weighted by atomic mass is 10.2. The van der Waals surface area contributed by atoms with Crippen molar-refractivity contribution in [1.29, 1.82) is 0 Å². The Labute approximate surface area is 66.0 Å². The Hall–Kier alpha value is -1.31. The molecule has 0 unspecified atom stereocenters. The van der Waals surface area contributed by atoms with Gasteiger partial charge in [-0.15, -0.1) is 0 Å². The number of nitrogens with zero attached hydrogens (tertiary/aromatic N) is 1. The SMILES string of the molecule is C=C1Cc2nc(C)ccc2N1.